The van der Waals surface area contributed by atoms with Gasteiger partial charge in [0.2, 0.25) is 11.8 Å². The van der Waals surface area contributed by atoms with Crippen molar-refractivity contribution < 1.29 is 9.59 Å². The van der Waals surface area contributed by atoms with Crippen molar-refractivity contribution in [2.45, 2.75) is 37.8 Å². The summed E-state index contributed by atoms with van der Waals surface area (Å²) in [5.74, 6) is 0.0685. The lowest BCUT2D eigenvalue weighted by atomic mass is 9.98. The minimum atomic E-state index is -0.375. The zero-order chi connectivity index (χ0) is 21.2. The highest BCUT2D eigenvalue weighted by Gasteiger charge is 2.38. The smallest absolute Gasteiger partial charge is 0.237 e. The van der Waals surface area contributed by atoms with Crippen molar-refractivity contribution in [3.8, 4) is 0 Å². The fourth-order valence-electron chi connectivity index (χ4n) is 5.25. The number of hydrogen-bond donors (Lipinski definition) is 1. The first kappa shape index (κ1) is 20.0. The van der Waals surface area contributed by atoms with Crippen molar-refractivity contribution in [3.63, 3.8) is 0 Å². The molecule has 1 aliphatic carbocycles. The van der Waals surface area contributed by atoms with Crippen LogP contribution in [0.5, 0.6) is 0 Å². The second kappa shape index (κ2) is 8.67. The van der Waals surface area contributed by atoms with Crippen LogP contribution < -0.4 is 5.32 Å². The van der Waals surface area contributed by atoms with E-state index < -0.39 is 0 Å². The highest BCUT2D eigenvalue weighted by molar-refractivity contribution is 5.89. The van der Waals surface area contributed by atoms with E-state index in [0.717, 1.165) is 25.8 Å². The summed E-state index contributed by atoms with van der Waals surface area (Å²) >= 11 is 0. The predicted molar refractivity (Wildman–Crippen MR) is 121 cm³/mol. The number of hydrogen-bond acceptors (Lipinski definition) is 3. The number of nitrogens with zero attached hydrogens (tertiary/aromatic N) is 2. The normalized spacial score (nSPS) is 22.1. The number of carbonyl (C=O) groups is 2. The van der Waals surface area contributed by atoms with Crippen LogP contribution in [-0.4, -0.2) is 59.9 Å². The Balaban J connectivity index is 1.25. The van der Waals surface area contributed by atoms with Gasteiger partial charge in [-0.1, -0.05) is 60.7 Å². The van der Waals surface area contributed by atoms with Crippen molar-refractivity contribution in [2.24, 2.45) is 0 Å². The van der Waals surface area contributed by atoms with E-state index in [1.807, 2.05) is 23.1 Å². The van der Waals surface area contributed by atoms with Crippen LogP contribution in [0.4, 0.5) is 0 Å². The molecule has 31 heavy (non-hydrogen) atoms. The number of fused-ring (bicyclic) bond motifs is 1. The molecule has 2 aromatic carbocycles. The lowest BCUT2D eigenvalue weighted by molar-refractivity contribution is -0.139. The van der Waals surface area contributed by atoms with Gasteiger partial charge in [0.15, 0.2) is 0 Å². The van der Waals surface area contributed by atoms with Gasteiger partial charge in [-0.25, -0.2) is 0 Å². The van der Waals surface area contributed by atoms with Crippen molar-refractivity contribution in [1.82, 2.24) is 15.1 Å². The molecule has 1 atom stereocenters. The van der Waals surface area contributed by atoms with Gasteiger partial charge in [-0.3, -0.25) is 14.5 Å². The van der Waals surface area contributed by atoms with Crippen LogP contribution in [0.3, 0.4) is 0 Å². The zero-order valence-electron chi connectivity index (χ0n) is 17.8. The lowest BCUT2D eigenvalue weighted by Gasteiger charge is -2.39. The molecule has 2 amide bonds. The van der Waals surface area contributed by atoms with E-state index in [-0.39, 0.29) is 24.3 Å². The molecule has 1 saturated heterocycles. The molecule has 5 heteroatoms. The van der Waals surface area contributed by atoms with E-state index in [1.165, 1.54) is 22.3 Å². The number of nitrogens with one attached hydrogen (secondary N) is 1. The molecule has 3 aliphatic rings. The van der Waals surface area contributed by atoms with Gasteiger partial charge in [-0.15, -0.1) is 0 Å². The molecule has 2 heterocycles. The van der Waals surface area contributed by atoms with Crippen LogP contribution in [0.15, 0.2) is 60.7 Å². The molecule has 2 aromatic rings. The summed E-state index contributed by atoms with van der Waals surface area (Å²) in [6.07, 6.45) is 5.19. The van der Waals surface area contributed by atoms with Crippen LogP contribution in [0.25, 0.3) is 5.57 Å². The molecular formula is C26H29N3O2. The molecule has 0 bridgehead atoms. The van der Waals surface area contributed by atoms with E-state index in [9.17, 15) is 9.59 Å². The molecule has 1 N–H and O–H groups in total. The molecule has 2 aliphatic heterocycles. The molecule has 160 valence electrons. The SMILES string of the molecule is O=C1NCCN(C2Cc3ccccc3C2)[C@@H]1CC(=O)N1CC=C(c2ccccc2)CC1. The number of piperazine rings is 1. The summed E-state index contributed by atoms with van der Waals surface area (Å²) in [6.45, 7) is 2.79. The largest absolute Gasteiger partial charge is 0.353 e. The summed E-state index contributed by atoms with van der Waals surface area (Å²) in [6, 6.07) is 18.8. The van der Waals surface area contributed by atoms with Crippen LogP contribution in [-0.2, 0) is 22.4 Å². The quantitative estimate of drug-likeness (QED) is 0.835. The minimum Gasteiger partial charge on any atom is -0.353 e. The second-order valence-electron chi connectivity index (χ2n) is 8.76. The van der Waals surface area contributed by atoms with Gasteiger partial charge >= 0.3 is 0 Å². The number of amides is 2. The summed E-state index contributed by atoms with van der Waals surface area (Å²) in [5.41, 5.74) is 5.27. The summed E-state index contributed by atoms with van der Waals surface area (Å²) in [5, 5.41) is 2.98. The standard InChI is InChI=1S/C26H29N3O2/c30-25(28-13-10-20(11-14-28)19-6-2-1-3-7-19)18-24-26(31)27-12-15-29(24)23-16-21-8-4-5-9-22(21)17-23/h1-10,23-24H,11-18H2,(H,27,31)/t24-/m1/s1. The Hall–Kier alpha value is -2.92. The Morgan fingerprint density at radius 2 is 1.68 bits per heavy atom. The van der Waals surface area contributed by atoms with Crippen molar-refractivity contribution in [2.75, 3.05) is 26.2 Å². The number of carbonyl (C=O) groups excluding carboxylic acids is 2. The van der Waals surface area contributed by atoms with Crippen LogP contribution in [0.1, 0.15) is 29.5 Å². The molecule has 0 unspecified atom stereocenters. The van der Waals surface area contributed by atoms with Crippen LogP contribution >= 0.6 is 0 Å². The average Bonchev–Trinajstić information content (AvgIpc) is 3.25. The van der Waals surface area contributed by atoms with E-state index in [4.69, 9.17) is 0 Å². The third-order valence-electron chi connectivity index (χ3n) is 6.95. The Labute approximate surface area is 183 Å². The third kappa shape index (κ3) is 4.15. The third-order valence-corrected chi connectivity index (χ3v) is 6.95. The van der Waals surface area contributed by atoms with E-state index >= 15 is 0 Å². The lowest BCUT2D eigenvalue weighted by Crippen LogP contribution is -2.60. The topological polar surface area (TPSA) is 52.7 Å². The molecular weight excluding hydrogens is 386 g/mol. The Bertz CT molecular complexity index is 976. The zero-order valence-corrected chi connectivity index (χ0v) is 17.8. The van der Waals surface area contributed by atoms with Crippen molar-refractivity contribution >= 4 is 17.4 Å². The van der Waals surface area contributed by atoms with Gasteiger partial charge in [0, 0.05) is 32.2 Å². The first-order chi connectivity index (χ1) is 15.2. The molecule has 1 fully saturated rings. The van der Waals surface area contributed by atoms with Gasteiger partial charge in [0.1, 0.15) is 0 Å². The maximum Gasteiger partial charge on any atom is 0.237 e. The minimum absolute atomic E-state index is 0.00641. The van der Waals surface area contributed by atoms with Crippen LogP contribution in [0, 0.1) is 0 Å². The predicted octanol–water partition coefficient (Wildman–Crippen LogP) is 2.66. The van der Waals surface area contributed by atoms with E-state index in [0.29, 0.717) is 25.7 Å². The molecule has 0 aromatic heterocycles. The Kier molecular flexibility index (Phi) is 5.60. The van der Waals surface area contributed by atoms with E-state index in [2.05, 4.69) is 52.7 Å². The summed E-state index contributed by atoms with van der Waals surface area (Å²) in [7, 11) is 0. The Morgan fingerprint density at radius 3 is 2.35 bits per heavy atom. The van der Waals surface area contributed by atoms with Crippen LogP contribution in [0.2, 0.25) is 0 Å². The first-order valence-corrected chi connectivity index (χ1v) is 11.3. The van der Waals surface area contributed by atoms with Gasteiger partial charge in [-0.2, -0.15) is 0 Å². The number of benzene rings is 2. The molecule has 0 spiro atoms. The fraction of sp³-hybridized carbons (Fsp3) is 0.385. The van der Waals surface area contributed by atoms with E-state index in [1.54, 1.807) is 0 Å². The van der Waals surface area contributed by atoms with Gasteiger partial charge in [0.05, 0.1) is 12.5 Å². The van der Waals surface area contributed by atoms with Gasteiger partial charge in [-0.05, 0) is 41.5 Å². The van der Waals surface area contributed by atoms with Gasteiger partial charge in [0.25, 0.3) is 0 Å². The molecule has 0 saturated carbocycles. The van der Waals surface area contributed by atoms with Gasteiger partial charge < -0.3 is 10.2 Å². The fourth-order valence-corrected chi connectivity index (χ4v) is 5.25. The second-order valence-corrected chi connectivity index (χ2v) is 8.76. The average molecular weight is 416 g/mol. The summed E-state index contributed by atoms with van der Waals surface area (Å²) in [4.78, 5) is 30.1. The first-order valence-electron chi connectivity index (χ1n) is 11.3. The molecule has 5 rings (SSSR count). The molecule has 5 nitrogen and oxygen atoms in total. The Morgan fingerprint density at radius 1 is 0.968 bits per heavy atom. The summed E-state index contributed by atoms with van der Waals surface area (Å²) < 4.78 is 0. The monoisotopic (exact) mass is 415 g/mol. The maximum atomic E-state index is 13.1. The maximum absolute atomic E-state index is 13.1. The van der Waals surface area contributed by atoms with Crippen molar-refractivity contribution in [3.05, 3.63) is 77.4 Å². The highest BCUT2D eigenvalue weighted by Crippen LogP contribution is 2.29. The number of rotatable bonds is 4. The highest BCUT2D eigenvalue weighted by atomic mass is 16.2. The van der Waals surface area contributed by atoms with Crippen molar-refractivity contribution in [1.29, 1.82) is 0 Å². The molecule has 0 radical (unpaired) electrons.